The number of fused-ring (bicyclic) bond motifs is 1. The third-order valence-corrected chi connectivity index (χ3v) is 3.05. The molecule has 0 fully saturated rings. The zero-order valence-electron chi connectivity index (χ0n) is 10.5. The van der Waals surface area contributed by atoms with Crippen molar-refractivity contribution in [1.82, 2.24) is 20.0 Å². The van der Waals surface area contributed by atoms with E-state index in [0.717, 1.165) is 22.2 Å². The summed E-state index contributed by atoms with van der Waals surface area (Å²) in [6.07, 6.45) is 0. The van der Waals surface area contributed by atoms with E-state index < -0.39 is 5.97 Å². The minimum absolute atomic E-state index is 0.0321. The first kappa shape index (κ1) is 11.5. The number of carboxylic acids is 1. The first-order valence-electron chi connectivity index (χ1n) is 5.80. The standard InChI is InChI=1S/C13H12N4O2/c1-7-10(8-5-3-4-6-9(8)14-7)11-12(13(18)19)16-17(2)15-11/h3-6,14H,1-2H3,(H,18,19). The van der Waals surface area contributed by atoms with E-state index in [-0.39, 0.29) is 5.69 Å². The van der Waals surface area contributed by atoms with Crippen LogP contribution in [0.25, 0.3) is 22.2 Å². The van der Waals surface area contributed by atoms with Crippen LogP contribution < -0.4 is 0 Å². The van der Waals surface area contributed by atoms with Gasteiger partial charge in [0.05, 0.1) is 0 Å². The molecule has 0 aliphatic carbocycles. The summed E-state index contributed by atoms with van der Waals surface area (Å²) in [7, 11) is 1.61. The molecule has 2 aromatic heterocycles. The Bertz CT molecular complexity index is 785. The number of hydrogen-bond acceptors (Lipinski definition) is 3. The Hall–Kier alpha value is -2.63. The fourth-order valence-corrected chi connectivity index (χ4v) is 2.30. The number of aromatic carboxylic acids is 1. The van der Waals surface area contributed by atoms with E-state index in [1.807, 2.05) is 31.2 Å². The van der Waals surface area contributed by atoms with E-state index in [0.29, 0.717) is 5.69 Å². The predicted molar refractivity (Wildman–Crippen MR) is 70.0 cm³/mol. The maximum atomic E-state index is 11.3. The smallest absolute Gasteiger partial charge is 0.358 e. The molecule has 0 radical (unpaired) electrons. The highest BCUT2D eigenvalue weighted by molar-refractivity contribution is 6.02. The molecule has 0 aliphatic rings. The molecule has 0 atom stereocenters. The number of benzene rings is 1. The number of H-pyrrole nitrogens is 1. The fraction of sp³-hybridized carbons (Fsp3) is 0.154. The molecule has 1 aromatic carbocycles. The van der Waals surface area contributed by atoms with Gasteiger partial charge in [-0.05, 0) is 13.0 Å². The molecule has 0 amide bonds. The molecule has 0 spiro atoms. The average molecular weight is 256 g/mol. The van der Waals surface area contributed by atoms with Crippen molar-refractivity contribution >= 4 is 16.9 Å². The number of aryl methyl sites for hydroxylation is 2. The Morgan fingerprint density at radius 2 is 2.05 bits per heavy atom. The SMILES string of the molecule is Cc1[nH]c2ccccc2c1-c1nn(C)nc1C(=O)O. The molecule has 19 heavy (non-hydrogen) atoms. The minimum atomic E-state index is -1.08. The number of carboxylic acid groups (broad SMARTS) is 1. The molecular formula is C13H12N4O2. The van der Waals surface area contributed by atoms with Crippen LogP contribution in [0, 0.1) is 6.92 Å². The van der Waals surface area contributed by atoms with Crippen LogP contribution in [-0.2, 0) is 7.05 Å². The van der Waals surface area contributed by atoms with Gasteiger partial charge in [-0.25, -0.2) is 4.79 Å². The minimum Gasteiger partial charge on any atom is -0.476 e. The van der Waals surface area contributed by atoms with Crippen LogP contribution in [0.1, 0.15) is 16.2 Å². The summed E-state index contributed by atoms with van der Waals surface area (Å²) in [5, 5.41) is 18.3. The first-order valence-corrected chi connectivity index (χ1v) is 5.80. The van der Waals surface area contributed by atoms with Gasteiger partial charge in [-0.15, -0.1) is 5.10 Å². The highest BCUT2D eigenvalue weighted by Gasteiger charge is 2.22. The third kappa shape index (κ3) is 1.69. The van der Waals surface area contributed by atoms with Crippen molar-refractivity contribution in [3.63, 3.8) is 0 Å². The van der Waals surface area contributed by atoms with Crippen molar-refractivity contribution in [2.75, 3.05) is 0 Å². The van der Waals surface area contributed by atoms with Crippen molar-refractivity contribution in [3.8, 4) is 11.3 Å². The fourth-order valence-electron chi connectivity index (χ4n) is 2.30. The van der Waals surface area contributed by atoms with E-state index in [4.69, 9.17) is 0 Å². The van der Waals surface area contributed by atoms with Gasteiger partial charge in [-0.3, -0.25) is 0 Å². The Labute approximate surface area is 108 Å². The number of para-hydroxylation sites is 1. The van der Waals surface area contributed by atoms with E-state index in [1.165, 1.54) is 4.80 Å². The normalized spacial score (nSPS) is 11.1. The number of aromatic amines is 1. The quantitative estimate of drug-likeness (QED) is 0.734. The van der Waals surface area contributed by atoms with Gasteiger partial charge in [0.15, 0.2) is 5.69 Å². The van der Waals surface area contributed by atoms with Gasteiger partial charge < -0.3 is 10.1 Å². The second-order valence-electron chi connectivity index (χ2n) is 4.36. The summed E-state index contributed by atoms with van der Waals surface area (Å²) in [5.41, 5.74) is 2.99. The number of carbonyl (C=O) groups is 1. The summed E-state index contributed by atoms with van der Waals surface area (Å²) in [6.45, 7) is 1.90. The van der Waals surface area contributed by atoms with Gasteiger partial charge in [0.25, 0.3) is 0 Å². The van der Waals surface area contributed by atoms with Crippen LogP contribution in [-0.4, -0.2) is 31.1 Å². The second-order valence-corrected chi connectivity index (χ2v) is 4.36. The van der Waals surface area contributed by atoms with Crippen LogP contribution in [0.15, 0.2) is 24.3 Å². The molecular weight excluding hydrogens is 244 g/mol. The molecule has 0 bridgehead atoms. The van der Waals surface area contributed by atoms with Crippen LogP contribution in [0.2, 0.25) is 0 Å². The molecule has 0 aliphatic heterocycles. The van der Waals surface area contributed by atoms with Gasteiger partial charge in [-0.1, -0.05) is 18.2 Å². The summed E-state index contributed by atoms with van der Waals surface area (Å²) < 4.78 is 0. The second kappa shape index (κ2) is 3.94. The molecule has 3 aromatic rings. The van der Waals surface area contributed by atoms with E-state index in [9.17, 15) is 9.90 Å². The molecule has 2 heterocycles. The maximum Gasteiger partial charge on any atom is 0.358 e. The van der Waals surface area contributed by atoms with Gasteiger partial charge in [0, 0.05) is 29.2 Å². The van der Waals surface area contributed by atoms with Gasteiger partial charge >= 0.3 is 5.97 Å². The van der Waals surface area contributed by atoms with Gasteiger partial charge in [0.2, 0.25) is 0 Å². The van der Waals surface area contributed by atoms with Crippen LogP contribution in [0.5, 0.6) is 0 Å². The van der Waals surface area contributed by atoms with Crippen molar-refractivity contribution in [3.05, 3.63) is 35.7 Å². The lowest BCUT2D eigenvalue weighted by Crippen LogP contribution is -2.00. The monoisotopic (exact) mass is 256 g/mol. The molecule has 96 valence electrons. The zero-order valence-corrected chi connectivity index (χ0v) is 10.5. The summed E-state index contributed by atoms with van der Waals surface area (Å²) in [5.74, 6) is -1.08. The lowest BCUT2D eigenvalue weighted by Gasteiger charge is -1.97. The summed E-state index contributed by atoms with van der Waals surface area (Å²) in [4.78, 5) is 15.8. The topological polar surface area (TPSA) is 83.8 Å². The lowest BCUT2D eigenvalue weighted by molar-refractivity contribution is 0.0690. The number of rotatable bonds is 2. The van der Waals surface area contributed by atoms with Crippen molar-refractivity contribution < 1.29 is 9.90 Å². The Morgan fingerprint density at radius 1 is 1.32 bits per heavy atom. The van der Waals surface area contributed by atoms with Crippen molar-refractivity contribution in [2.24, 2.45) is 7.05 Å². The molecule has 6 nitrogen and oxygen atoms in total. The third-order valence-electron chi connectivity index (χ3n) is 3.05. The lowest BCUT2D eigenvalue weighted by atomic mass is 10.1. The Balaban J connectivity index is 2.36. The van der Waals surface area contributed by atoms with Crippen molar-refractivity contribution in [2.45, 2.75) is 6.92 Å². The highest BCUT2D eigenvalue weighted by atomic mass is 16.4. The van der Waals surface area contributed by atoms with E-state index >= 15 is 0 Å². The largest absolute Gasteiger partial charge is 0.476 e. The molecule has 0 saturated carbocycles. The Morgan fingerprint density at radius 3 is 2.79 bits per heavy atom. The number of aromatic nitrogens is 4. The number of hydrogen-bond donors (Lipinski definition) is 2. The molecule has 0 unspecified atom stereocenters. The molecule has 0 saturated heterocycles. The highest BCUT2D eigenvalue weighted by Crippen LogP contribution is 2.32. The van der Waals surface area contributed by atoms with E-state index in [1.54, 1.807) is 7.05 Å². The first-order chi connectivity index (χ1) is 9.08. The van der Waals surface area contributed by atoms with Crippen LogP contribution >= 0.6 is 0 Å². The maximum absolute atomic E-state index is 11.3. The van der Waals surface area contributed by atoms with Crippen molar-refractivity contribution in [1.29, 1.82) is 0 Å². The van der Waals surface area contributed by atoms with Crippen LogP contribution in [0.3, 0.4) is 0 Å². The summed E-state index contributed by atoms with van der Waals surface area (Å²) in [6, 6.07) is 7.73. The molecule has 2 N–H and O–H groups in total. The number of nitrogens with zero attached hydrogens (tertiary/aromatic N) is 3. The van der Waals surface area contributed by atoms with Gasteiger partial charge in [0.1, 0.15) is 5.69 Å². The molecule has 6 heteroatoms. The van der Waals surface area contributed by atoms with Gasteiger partial charge in [-0.2, -0.15) is 9.90 Å². The van der Waals surface area contributed by atoms with E-state index in [2.05, 4.69) is 15.2 Å². The number of nitrogens with one attached hydrogen (secondary N) is 1. The summed E-state index contributed by atoms with van der Waals surface area (Å²) >= 11 is 0. The molecule has 3 rings (SSSR count). The predicted octanol–water partition coefficient (Wildman–Crippen LogP) is 1.97. The average Bonchev–Trinajstić information content (AvgIpc) is 2.88. The zero-order chi connectivity index (χ0) is 13.6. The van der Waals surface area contributed by atoms with Crippen LogP contribution in [0.4, 0.5) is 0 Å². The Kier molecular flexibility index (Phi) is 2.38.